The fourth-order valence-corrected chi connectivity index (χ4v) is 6.30. The van der Waals surface area contributed by atoms with Gasteiger partial charge in [0, 0.05) is 36.7 Å². The van der Waals surface area contributed by atoms with E-state index < -0.39 is 23.3 Å². The molecule has 2 aromatic carbocycles. The number of carbonyl (C=O) groups excluding carboxylic acids is 1. The average molecular weight is 572 g/mol. The van der Waals surface area contributed by atoms with Crippen molar-refractivity contribution in [1.29, 1.82) is 0 Å². The SMILES string of the molecule is COC(=O)CCCCCCCCCOc1cc(F)c([C@@H]2C3=C(C[C@@H](C)N2CC(C)(C)F)c2ccccc2C3)c(F)c1. The molecule has 0 saturated heterocycles. The van der Waals surface area contributed by atoms with E-state index in [4.69, 9.17) is 4.74 Å². The number of hydrogen-bond donors (Lipinski definition) is 0. The second-order valence-corrected chi connectivity index (χ2v) is 12.1. The third-order valence-corrected chi connectivity index (χ3v) is 8.24. The summed E-state index contributed by atoms with van der Waals surface area (Å²) in [5.41, 5.74) is 2.84. The Labute approximate surface area is 242 Å². The summed E-state index contributed by atoms with van der Waals surface area (Å²) < 4.78 is 56.9. The Balaban J connectivity index is 1.40. The maximum absolute atomic E-state index is 15.8. The third-order valence-electron chi connectivity index (χ3n) is 8.24. The summed E-state index contributed by atoms with van der Waals surface area (Å²) in [4.78, 5) is 13.1. The van der Waals surface area contributed by atoms with Crippen molar-refractivity contribution >= 4 is 11.5 Å². The molecule has 4 nitrogen and oxygen atoms in total. The predicted molar refractivity (Wildman–Crippen MR) is 157 cm³/mol. The number of esters is 1. The molecule has 1 heterocycles. The Kier molecular flexibility index (Phi) is 10.6. The van der Waals surface area contributed by atoms with Crippen LogP contribution in [0.4, 0.5) is 13.2 Å². The molecule has 2 atom stereocenters. The number of hydrogen-bond acceptors (Lipinski definition) is 4. The molecule has 0 bridgehead atoms. The molecule has 0 aromatic heterocycles. The van der Waals surface area contributed by atoms with Crippen molar-refractivity contribution in [3.8, 4) is 5.75 Å². The van der Waals surface area contributed by atoms with Crippen LogP contribution in [-0.4, -0.2) is 42.8 Å². The minimum atomic E-state index is -1.52. The van der Waals surface area contributed by atoms with Crippen LogP contribution in [0.3, 0.4) is 0 Å². The zero-order valence-electron chi connectivity index (χ0n) is 24.9. The molecular weight excluding hydrogens is 527 g/mol. The lowest BCUT2D eigenvalue weighted by molar-refractivity contribution is -0.140. The molecule has 1 aliphatic heterocycles. The Morgan fingerprint density at radius 3 is 2.29 bits per heavy atom. The second-order valence-electron chi connectivity index (χ2n) is 12.1. The first kappa shape index (κ1) is 31.1. The van der Waals surface area contributed by atoms with Crippen LogP contribution in [0.1, 0.15) is 101 Å². The highest BCUT2D eigenvalue weighted by atomic mass is 19.1. The van der Waals surface area contributed by atoms with Crippen LogP contribution in [-0.2, 0) is 16.0 Å². The van der Waals surface area contributed by atoms with E-state index in [2.05, 4.69) is 16.9 Å². The van der Waals surface area contributed by atoms with Gasteiger partial charge < -0.3 is 9.47 Å². The minimum absolute atomic E-state index is 0.0272. The number of ether oxygens (including phenoxy) is 2. The van der Waals surface area contributed by atoms with E-state index in [1.807, 2.05) is 24.0 Å². The Bertz CT molecular complexity index is 1210. The van der Waals surface area contributed by atoms with E-state index in [0.29, 0.717) is 19.4 Å². The smallest absolute Gasteiger partial charge is 0.305 e. The molecule has 0 saturated carbocycles. The van der Waals surface area contributed by atoms with E-state index in [0.717, 1.165) is 73.6 Å². The molecule has 4 rings (SSSR count). The topological polar surface area (TPSA) is 38.8 Å². The van der Waals surface area contributed by atoms with E-state index >= 15 is 8.78 Å². The van der Waals surface area contributed by atoms with Gasteiger partial charge in [0.15, 0.2) is 0 Å². The van der Waals surface area contributed by atoms with Crippen molar-refractivity contribution in [3.05, 3.63) is 70.3 Å². The number of nitrogens with zero attached hydrogens (tertiary/aromatic N) is 1. The number of alkyl halides is 1. The van der Waals surface area contributed by atoms with Crippen LogP contribution >= 0.6 is 0 Å². The van der Waals surface area contributed by atoms with E-state index in [1.165, 1.54) is 33.1 Å². The van der Waals surface area contributed by atoms with Gasteiger partial charge in [-0.15, -0.1) is 0 Å². The van der Waals surface area contributed by atoms with Crippen molar-refractivity contribution in [2.75, 3.05) is 20.3 Å². The van der Waals surface area contributed by atoms with Crippen molar-refractivity contribution in [1.82, 2.24) is 4.90 Å². The number of rotatable bonds is 14. The predicted octanol–water partition coefficient (Wildman–Crippen LogP) is 8.53. The molecule has 0 radical (unpaired) electrons. The lowest BCUT2D eigenvalue weighted by Crippen LogP contribution is -2.47. The molecule has 41 heavy (non-hydrogen) atoms. The fourth-order valence-electron chi connectivity index (χ4n) is 6.30. The molecule has 2 aromatic rings. The van der Waals surface area contributed by atoms with E-state index in [-0.39, 0.29) is 29.9 Å². The van der Waals surface area contributed by atoms with Crippen LogP contribution in [0, 0.1) is 11.6 Å². The van der Waals surface area contributed by atoms with Crippen LogP contribution in [0.25, 0.3) is 5.57 Å². The average Bonchev–Trinajstić information content (AvgIpc) is 3.28. The zero-order valence-corrected chi connectivity index (χ0v) is 24.9. The number of unbranched alkanes of at least 4 members (excludes halogenated alkanes) is 6. The molecule has 0 fully saturated rings. The van der Waals surface area contributed by atoms with Gasteiger partial charge in [-0.2, -0.15) is 0 Å². The highest BCUT2D eigenvalue weighted by Gasteiger charge is 2.42. The Morgan fingerprint density at radius 2 is 1.63 bits per heavy atom. The second kappa shape index (κ2) is 13.9. The summed E-state index contributed by atoms with van der Waals surface area (Å²) in [5, 5.41) is 0. The monoisotopic (exact) mass is 571 g/mol. The van der Waals surface area contributed by atoms with Crippen LogP contribution in [0.2, 0.25) is 0 Å². The molecule has 0 spiro atoms. The maximum Gasteiger partial charge on any atom is 0.305 e. The van der Waals surface area contributed by atoms with Gasteiger partial charge in [0.25, 0.3) is 0 Å². The number of methoxy groups -OCH3 is 1. The lowest BCUT2D eigenvalue weighted by Gasteiger charge is -2.44. The van der Waals surface area contributed by atoms with Crippen LogP contribution in [0.15, 0.2) is 42.0 Å². The summed E-state index contributed by atoms with van der Waals surface area (Å²) in [6.07, 6.45) is 8.58. The Morgan fingerprint density at radius 1 is 1.00 bits per heavy atom. The van der Waals surface area contributed by atoms with Gasteiger partial charge >= 0.3 is 5.97 Å². The lowest BCUT2D eigenvalue weighted by atomic mass is 9.84. The molecule has 224 valence electrons. The van der Waals surface area contributed by atoms with Gasteiger partial charge in [0.1, 0.15) is 23.1 Å². The molecule has 1 aliphatic carbocycles. The first-order chi connectivity index (χ1) is 19.6. The van der Waals surface area contributed by atoms with Gasteiger partial charge in [-0.1, -0.05) is 56.4 Å². The van der Waals surface area contributed by atoms with E-state index in [9.17, 15) is 9.18 Å². The number of carbonyl (C=O) groups is 1. The number of fused-ring (bicyclic) bond motifs is 2. The van der Waals surface area contributed by atoms with Gasteiger partial charge in [-0.05, 0) is 68.7 Å². The summed E-state index contributed by atoms with van der Waals surface area (Å²) in [6.45, 7) is 5.50. The summed E-state index contributed by atoms with van der Waals surface area (Å²) in [5.74, 6) is -1.30. The van der Waals surface area contributed by atoms with Crippen molar-refractivity contribution in [3.63, 3.8) is 0 Å². The van der Waals surface area contributed by atoms with E-state index in [1.54, 1.807) is 0 Å². The molecule has 0 amide bonds. The summed E-state index contributed by atoms with van der Waals surface area (Å²) in [7, 11) is 1.41. The van der Waals surface area contributed by atoms with Crippen LogP contribution in [0.5, 0.6) is 5.75 Å². The highest BCUT2D eigenvalue weighted by molar-refractivity contribution is 5.79. The molecular formula is C34H44F3NO3. The third kappa shape index (κ3) is 7.94. The maximum atomic E-state index is 15.8. The summed E-state index contributed by atoms with van der Waals surface area (Å²) in [6, 6.07) is 9.91. The number of halogens is 3. The first-order valence-electron chi connectivity index (χ1n) is 15.0. The quantitative estimate of drug-likeness (QED) is 0.168. The largest absolute Gasteiger partial charge is 0.493 e. The van der Waals surface area contributed by atoms with Crippen LogP contribution < -0.4 is 4.74 Å². The molecule has 0 N–H and O–H groups in total. The molecule has 7 heteroatoms. The standard InChI is InChI=1S/C34H44F3NO3/c1-23-18-27-26-15-12-11-14-24(26)19-28(27)33(38(23)22-34(2,3)37)32-29(35)20-25(21-30(32)36)41-17-13-9-7-5-6-8-10-16-31(39)40-4/h11-12,14-15,20-21,23,33H,5-10,13,16-19,22H2,1-4H3/t23-,33+/m1/s1. The Hall–Kier alpha value is -2.80. The molecule has 0 unspecified atom stereocenters. The van der Waals surface area contributed by atoms with Crippen molar-refractivity contribution in [2.45, 2.75) is 103 Å². The molecule has 2 aliphatic rings. The number of benzene rings is 2. The van der Waals surface area contributed by atoms with Crippen molar-refractivity contribution < 1.29 is 27.4 Å². The minimum Gasteiger partial charge on any atom is -0.493 e. The van der Waals surface area contributed by atoms with Gasteiger partial charge in [0.2, 0.25) is 0 Å². The van der Waals surface area contributed by atoms with Crippen molar-refractivity contribution in [2.24, 2.45) is 0 Å². The first-order valence-corrected chi connectivity index (χ1v) is 15.0. The summed E-state index contributed by atoms with van der Waals surface area (Å²) >= 11 is 0. The van der Waals surface area contributed by atoms with Gasteiger partial charge in [-0.3, -0.25) is 9.69 Å². The van der Waals surface area contributed by atoms with Gasteiger partial charge in [0.05, 0.1) is 19.8 Å². The zero-order chi connectivity index (χ0) is 29.6. The fraction of sp³-hybridized carbons (Fsp3) is 0.559. The normalized spacial score (nSPS) is 18.8. The van der Waals surface area contributed by atoms with Gasteiger partial charge in [-0.25, -0.2) is 13.2 Å². The highest BCUT2D eigenvalue weighted by Crippen LogP contribution is 2.50.